The first kappa shape index (κ1) is 10.4. The Hall–Kier alpha value is -1.81. The van der Waals surface area contributed by atoms with Crippen LogP contribution in [-0.2, 0) is 0 Å². The van der Waals surface area contributed by atoms with Crippen LogP contribution in [0.15, 0.2) is 53.3 Å². The minimum atomic E-state index is 0.691. The van der Waals surface area contributed by atoms with E-state index in [9.17, 15) is 0 Å². The molecule has 2 N–H and O–H groups in total. The molecule has 0 aliphatic carbocycles. The van der Waals surface area contributed by atoms with Crippen LogP contribution in [0.25, 0.3) is 16.9 Å². The van der Waals surface area contributed by atoms with Crippen LogP contribution in [0.1, 0.15) is 0 Å². The lowest BCUT2D eigenvalue weighted by molar-refractivity contribution is 1.19. The summed E-state index contributed by atoms with van der Waals surface area (Å²) >= 11 is 3.42. The van der Waals surface area contributed by atoms with E-state index >= 15 is 0 Å². The number of halogens is 1. The first-order valence-electron chi connectivity index (χ1n) is 5.23. The number of pyridine rings is 1. The molecule has 0 radical (unpaired) electrons. The van der Waals surface area contributed by atoms with Crippen molar-refractivity contribution in [2.24, 2.45) is 0 Å². The van der Waals surface area contributed by atoms with Gasteiger partial charge in [0.2, 0.25) is 0 Å². The first-order chi connectivity index (χ1) is 8.24. The summed E-state index contributed by atoms with van der Waals surface area (Å²) in [6.45, 7) is 0. The lowest BCUT2D eigenvalue weighted by Crippen LogP contribution is -1.90. The summed E-state index contributed by atoms with van der Waals surface area (Å²) in [5.74, 6) is 0. The number of imidazole rings is 1. The molecule has 3 aromatic rings. The lowest BCUT2D eigenvalue weighted by Gasteiger charge is -1.95. The standard InChI is InChI=1S/C13H10BrN3/c14-10-5-3-9(4-6-10)12-8-17-7-1-2-11(15)13(17)16-12/h1-8H,15H2. The summed E-state index contributed by atoms with van der Waals surface area (Å²) in [7, 11) is 0. The van der Waals surface area contributed by atoms with Crippen LogP contribution in [0.3, 0.4) is 0 Å². The van der Waals surface area contributed by atoms with Gasteiger partial charge >= 0.3 is 0 Å². The fourth-order valence-corrected chi connectivity index (χ4v) is 2.06. The highest BCUT2D eigenvalue weighted by molar-refractivity contribution is 9.10. The Morgan fingerprint density at radius 1 is 1.12 bits per heavy atom. The van der Waals surface area contributed by atoms with E-state index in [0.717, 1.165) is 21.4 Å². The van der Waals surface area contributed by atoms with Gasteiger partial charge in [-0.25, -0.2) is 4.98 Å². The van der Waals surface area contributed by atoms with Gasteiger partial charge in [-0.15, -0.1) is 0 Å². The number of nitrogen functional groups attached to an aromatic ring is 1. The van der Waals surface area contributed by atoms with E-state index in [1.807, 2.05) is 53.2 Å². The number of hydrogen-bond acceptors (Lipinski definition) is 2. The summed E-state index contributed by atoms with van der Waals surface area (Å²) in [4.78, 5) is 4.53. The molecule has 0 aliphatic heterocycles. The molecule has 0 unspecified atom stereocenters. The van der Waals surface area contributed by atoms with Crippen molar-refractivity contribution < 1.29 is 0 Å². The number of fused-ring (bicyclic) bond motifs is 1. The Balaban J connectivity index is 2.18. The van der Waals surface area contributed by atoms with Crippen molar-refractivity contribution >= 4 is 27.3 Å². The topological polar surface area (TPSA) is 43.3 Å². The molecule has 4 heteroatoms. The van der Waals surface area contributed by atoms with Crippen LogP contribution in [-0.4, -0.2) is 9.38 Å². The van der Waals surface area contributed by atoms with E-state index in [0.29, 0.717) is 5.69 Å². The zero-order chi connectivity index (χ0) is 11.8. The van der Waals surface area contributed by atoms with Crippen molar-refractivity contribution in [2.75, 3.05) is 5.73 Å². The fraction of sp³-hybridized carbons (Fsp3) is 0. The predicted octanol–water partition coefficient (Wildman–Crippen LogP) is 3.35. The molecule has 0 bridgehead atoms. The first-order valence-corrected chi connectivity index (χ1v) is 6.02. The van der Waals surface area contributed by atoms with Gasteiger partial charge in [-0.3, -0.25) is 0 Å². The summed E-state index contributed by atoms with van der Waals surface area (Å²) in [6, 6.07) is 11.8. The Kier molecular flexibility index (Phi) is 2.37. The van der Waals surface area contributed by atoms with Crippen molar-refractivity contribution in [2.45, 2.75) is 0 Å². The summed E-state index contributed by atoms with van der Waals surface area (Å²) in [6.07, 6.45) is 3.93. The number of nitrogens with zero attached hydrogens (tertiary/aromatic N) is 2. The number of benzene rings is 1. The molecule has 0 atom stereocenters. The van der Waals surface area contributed by atoms with Crippen LogP contribution in [0, 0.1) is 0 Å². The van der Waals surface area contributed by atoms with Gasteiger partial charge in [-0.1, -0.05) is 28.1 Å². The number of rotatable bonds is 1. The molecule has 0 fully saturated rings. The molecular weight excluding hydrogens is 278 g/mol. The Morgan fingerprint density at radius 3 is 2.59 bits per heavy atom. The highest BCUT2D eigenvalue weighted by Crippen LogP contribution is 2.23. The number of nitrogens with two attached hydrogens (primary N) is 1. The summed E-state index contributed by atoms with van der Waals surface area (Å²) < 4.78 is 3.00. The van der Waals surface area contributed by atoms with E-state index in [-0.39, 0.29) is 0 Å². The molecule has 2 aromatic heterocycles. The van der Waals surface area contributed by atoms with Gasteiger partial charge in [0, 0.05) is 22.4 Å². The summed E-state index contributed by atoms with van der Waals surface area (Å²) in [5.41, 5.74) is 9.37. The molecule has 0 spiro atoms. The monoisotopic (exact) mass is 287 g/mol. The molecule has 3 rings (SSSR count). The molecular formula is C13H10BrN3. The normalized spacial score (nSPS) is 10.9. The SMILES string of the molecule is Nc1cccn2cc(-c3ccc(Br)cc3)nc12. The van der Waals surface area contributed by atoms with E-state index in [1.165, 1.54) is 0 Å². The molecule has 0 amide bonds. The average molecular weight is 288 g/mol. The smallest absolute Gasteiger partial charge is 0.160 e. The zero-order valence-corrected chi connectivity index (χ0v) is 10.6. The largest absolute Gasteiger partial charge is 0.396 e. The van der Waals surface area contributed by atoms with Gasteiger partial charge in [0.15, 0.2) is 5.65 Å². The van der Waals surface area contributed by atoms with Crippen molar-refractivity contribution in [3.63, 3.8) is 0 Å². The van der Waals surface area contributed by atoms with Crippen molar-refractivity contribution in [1.82, 2.24) is 9.38 Å². The number of aromatic nitrogens is 2. The van der Waals surface area contributed by atoms with Crippen molar-refractivity contribution in [3.05, 3.63) is 53.3 Å². The predicted molar refractivity (Wildman–Crippen MR) is 72.7 cm³/mol. The quantitative estimate of drug-likeness (QED) is 0.746. The molecule has 17 heavy (non-hydrogen) atoms. The molecule has 0 saturated heterocycles. The lowest BCUT2D eigenvalue weighted by atomic mass is 10.2. The molecule has 0 aliphatic rings. The zero-order valence-electron chi connectivity index (χ0n) is 8.97. The third-order valence-corrected chi connectivity index (χ3v) is 3.18. The fourth-order valence-electron chi connectivity index (χ4n) is 1.79. The maximum atomic E-state index is 5.88. The third kappa shape index (κ3) is 1.80. The highest BCUT2D eigenvalue weighted by Gasteiger charge is 2.05. The van der Waals surface area contributed by atoms with Crippen LogP contribution in [0.5, 0.6) is 0 Å². The Bertz CT molecular complexity index is 671. The van der Waals surface area contributed by atoms with E-state index in [1.54, 1.807) is 0 Å². The van der Waals surface area contributed by atoms with E-state index < -0.39 is 0 Å². The number of anilines is 1. The third-order valence-electron chi connectivity index (χ3n) is 2.65. The van der Waals surface area contributed by atoms with Crippen LogP contribution in [0.2, 0.25) is 0 Å². The van der Waals surface area contributed by atoms with Gasteiger partial charge in [0.25, 0.3) is 0 Å². The maximum Gasteiger partial charge on any atom is 0.160 e. The van der Waals surface area contributed by atoms with Crippen LogP contribution in [0.4, 0.5) is 5.69 Å². The molecule has 2 heterocycles. The van der Waals surface area contributed by atoms with Gasteiger partial charge in [0.1, 0.15) is 0 Å². The van der Waals surface area contributed by atoms with E-state index in [4.69, 9.17) is 5.73 Å². The second-order valence-corrected chi connectivity index (χ2v) is 4.74. The van der Waals surface area contributed by atoms with Gasteiger partial charge in [-0.05, 0) is 24.3 Å². The maximum absolute atomic E-state index is 5.88. The second-order valence-electron chi connectivity index (χ2n) is 3.83. The average Bonchev–Trinajstić information content (AvgIpc) is 2.75. The summed E-state index contributed by atoms with van der Waals surface area (Å²) in [5, 5.41) is 0. The minimum Gasteiger partial charge on any atom is -0.396 e. The Morgan fingerprint density at radius 2 is 1.88 bits per heavy atom. The van der Waals surface area contributed by atoms with Gasteiger partial charge in [-0.2, -0.15) is 0 Å². The van der Waals surface area contributed by atoms with Gasteiger partial charge in [0.05, 0.1) is 11.4 Å². The highest BCUT2D eigenvalue weighted by atomic mass is 79.9. The minimum absolute atomic E-state index is 0.691. The van der Waals surface area contributed by atoms with Crippen molar-refractivity contribution in [1.29, 1.82) is 0 Å². The molecule has 3 nitrogen and oxygen atoms in total. The number of hydrogen-bond donors (Lipinski definition) is 1. The van der Waals surface area contributed by atoms with E-state index in [2.05, 4.69) is 20.9 Å². The van der Waals surface area contributed by atoms with Crippen molar-refractivity contribution in [3.8, 4) is 11.3 Å². The molecule has 0 saturated carbocycles. The van der Waals surface area contributed by atoms with Crippen LogP contribution >= 0.6 is 15.9 Å². The second kappa shape index (κ2) is 3.89. The molecule has 84 valence electrons. The van der Waals surface area contributed by atoms with Gasteiger partial charge < -0.3 is 10.1 Å². The van der Waals surface area contributed by atoms with Crippen LogP contribution < -0.4 is 5.73 Å². The molecule has 1 aromatic carbocycles. The Labute approximate surface area is 107 Å².